The standard InChI is InChI=1S/C14H22N6O/c1-6-19(8-11(21)18-14(3,4)5)12-7-10(2)17-13-15-9-16-20(12)13/h7,9H,6,8H2,1-5H3,(H,18,21). The molecule has 0 unspecified atom stereocenters. The Balaban J connectivity index is 2.27. The number of hydrogen-bond donors (Lipinski definition) is 1. The van der Waals surface area contributed by atoms with Crippen molar-refractivity contribution in [2.45, 2.75) is 40.2 Å². The topological polar surface area (TPSA) is 75.4 Å². The molecule has 0 bridgehead atoms. The predicted molar refractivity (Wildman–Crippen MR) is 81.3 cm³/mol. The van der Waals surface area contributed by atoms with E-state index in [4.69, 9.17) is 0 Å². The summed E-state index contributed by atoms with van der Waals surface area (Å²) in [5, 5.41) is 7.15. The van der Waals surface area contributed by atoms with Crippen molar-refractivity contribution >= 4 is 17.5 Å². The molecular weight excluding hydrogens is 268 g/mol. The maximum atomic E-state index is 12.1. The second-order valence-corrected chi connectivity index (χ2v) is 6.04. The van der Waals surface area contributed by atoms with Gasteiger partial charge in [-0.3, -0.25) is 4.79 Å². The van der Waals surface area contributed by atoms with Gasteiger partial charge in [-0.05, 0) is 34.6 Å². The number of anilines is 1. The minimum atomic E-state index is -0.243. The highest BCUT2D eigenvalue weighted by atomic mass is 16.2. The summed E-state index contributed by atoms with van der Waals surface area (Å²) in [7, 11) is 0. The average molecular weight is 290 g/mol. The molecule has 114 valence electrons. The number of fused-ring (bicyclic) bond motifs is 1. The second kappa shape index (κ2) is 5.67. The SMILES string of the molecule is CCN(CC(=O)NC(C)(C)C)c1cc(C)nc2ncnn12. The van der Waals surface area contributed by atoms with Crippen molar-refractivity contribution < 1.29 is 4.79 Å². The molecule has 2 rings (SSSR count). The maximum absolute atomic E-state index is 12.1. The van der Waals surface area contributed by atoms with Gasteiger partial charge in [0, 0.05) is 23.8 Å². The van der Waals surface area contributed by atoms with Crippen molar-refractivity contribution in [2.75, 3.05) is 18.0 Å². The number of carbonyl (C=O) groups is 1. The number of carbonyl (C=O) groups excluding carboxylic acids is 1. The van der Waals surface area contributed by atoms with Crippen LogP contribution in [0.2, 0.25) is 0 Å². The van der Waals surface area contributed by atoms with E-state index in [1.165, 1.54) is 6.33 Å². The summed E-state index contributed by atoms with van der Waals surface area (Å²) < 4.78 is 1.65. The molecule has 0 fully saturated rings. The fourth-order valence-electron chi connectivity index (χ4n) is 2.12. The molecule has 7 heteroatoms. The van der Waals surface area contributed by atoms with Crippen LogP contribution in [0, 0.1) is 6.92 Å². The molecule has 0 radical (unpaired) electrons. The first-order chi connectivity index (χ1) is 9.80. The summed E-state index contributed by atoms with van der Waals surface area (Å²) in [4.78, 5) is 22.5. The normalized spacial score (nSPS) is 11.7. The summed E-state index contributed by atoms with van der Waals surface area (Å²) in [6.45, 7) is 10.8. The van der Waals surface area contributed by atoms with E-state index < -0.39 is 0 Å². The van der Waals surface area contributed by atoms with Crippen molar-refractivity contribution in [2.24, 2.45) is 0 Å². The van der Waals surface area contributed by atoms with Crippen LogP contribution in [0.15, 0.2) is 12.4 Å². The summed E-state index contributed by atoms with van der Waals surface area (Å²) in [5.41, 5.74) is 0.605. The van der Waals surface area contributed by atoms with Crippen molar-refractivity contribution in [3.05, 3.63) is 18.1 Å². The Morgan fingerprint density at radius 3 is 2.76 bits per heavy atom. The third-order valence-electron chi connectivity index (χ3n) is 2.92. The van der Waals surface area contributed by atoms with Crippen molar-refractivity contribution in [3.8, 4) is 0 Å². The van der Waals surface area contributed by atoms with Gasteiger partial charge in [0.1, 0.15) is 12.1 Å². The van der Waals surface area contributed by atoms with Crippen LogP contribution in [0.3, 0.4) is 0 Å². The number of amides is 1. The number of likely N-dealkylation sites (N-methyl/N-ethyl adjacent to an activating group) is 1. The lowest BCUT2D eigenvalue weighted by Crippen LogP contribution is -2.46. The quantitative estimate of drug-likeness (QED) is 0.915. The largest absolute Gasteiger partial charge is 0.350 e. The molecule has 0 spiro atoms. The van der Waals surface area contributed by atoms with E-state index in [9.17, 15) is 4.79 Å². The van der Waals surface area contributed by atoms with Gasteiger partial charge in [-0.1, -0.05) is 0 Å². The highest BCUT2D eigenvalue weighted by molar-refractivity contribution is 5.81. The van der Waals surface area contributed by atoms with Gasteiger partial charge in [-0.15, -0.1) is 0 Å². The minimum absolute atomic E-state index is 0.0212. The Kier molecular flexibility index (Phi) is 4.11. The van der Waals surface area contributed by atoms with Gasteiger partial charge < -0.3 is 10.2 Å². The highest BCUT2D eigenvalue weighted by Gasteiger charge is 2.18. The van der Waals surface area contributed by atoms with Crippen molar-refractivity contribution in [1.82, 2.24) is 24.9 Å². The molecule has 0 atom stereocenters. The first-order valence-electron chi connectivity index (χ1n) is 7.03. The van der Waals surface area contributed by atoms with Crippen LogP contribution in [0.4, 0.5) is 5.82 Å². The maximum Gasteiger partial charge on any atom is 0.254 e. The monoisotopic (exact) mass is 290 g/mol. The Morgan fingerprint density at radius 2 is 2.14 bits per heavy atom. The van der Waals surface area contributed by atoms with Gasteiger partial charge in [-0.25, -0.2) is 4.98 Å². The molecule has 2 aromatic rings. The minimum Gasteiger partial charge on any atom is -0.350 e. The Bertz CT molecular complexity index is 642. The van der Waals surface area contributed by atoms with Gasteiger partial charge in [0.05, 0.1) is 6.54 Å². The van der Waals surface area contributed by atoms with Crippen LogP contribution in [-0.2, 0) is 4.79 Å². The molecule has 0 aliphatic rings. The fraction of sp³-hybridized carbons (Fsp3) is 0.571. The first kappa shape index (κ1) is 15.2. The predicted octanol–water partition coefficient (Wildman–Crippen LogP) is 1.17. The number of rotatable bonds is 4. The summed E-state index contributed by atoms with van der Waals surface area (Å²) >= 11 is 0. The fourth-order valence-corrected chi connectivity index (χ4v) is 2.12. The Labute approximate surface area is 124 Å². The van der Waals surface area contributed by atoms with E-state index in [1.807, 2.05) is 45.6 Å². The molecular formula is C14H22N6O. The summed E-state index contributed by atoms with van der Waals surface area (Å²) in [6, 6.07) is 1.91. The lowest BCUT2D eigenvalue weighted by Gasteiger charge is -2.26. The van der Waals surface area contributed by atoms with Gasteiger partial charge in [0.25, 0.3) is 5.78 Å². The van der Waals surface area contributed by atoms with Crippen LogP contribution < -0.4 is 10.2 Å². The van der Waals surface area contributed by atoms with Crippen LogP contribution >= 0.6 is 0 Å². The third kappa shape index (κ3) is 3.68. The molecule has 1 N–H and O–H groups in total. The molecule has 7 nitrogen and oxygen atoms in total. The number of nitrogens with zero attached hydrogens (tertiary/aromatic N) is 5. The molecule has 21 heavy (non-hydrogen) atoms. The molecule has 0 aliphatic heterocycles. The van der Waals surface area contributed by atoms with E-state index in [2.05, 4.69) is 20.4 Å². The van der Waals surface area contributed by atoms with Crippen molar-refractivity contribution in [1.29, 1.82) is 0 Å². The van der Waals surface area contributed by atoms with Crippen molar-refractivity contribution in [3.63, 3.8) is 0 Å². The molecule has 0 saturated carbocycles. The second-order valence-electron chi connectivity index (χ2n) is 6.04. The van der Waals surface area contributed by atoms with Gasteiger partial charge >= 0.3 is 0 Å². The van der Waals surface area contributed by atoms with E-state index in [-0.39, 0.29) is 18.0 Å². The van der Waals surface area contributed by atoms with Crippen LogP contribution in [0.25, 0.3) is 5.78 Å². The smallest absolute Gasteiger partial charge is 0.254 e. The Hall–Kier alpha value is -2.18. The van der Waals surface area contributed by atoms with Gasteiger partial charge in [-0.2, -0.15) is 14.6 Å². The summed E-state index contributed by atoms with van der Waals surface area (Å²) in [6.07, 6.45) is 1.47. The first-order valence-corrected chi connectivity index (χ1v) is 7.03. The van der Waals surface area contributed by atoms with Gasteiger partial charge in [0.15, 0.2) is 0 Å². The van der Waals surface area contributed by atoms with E-state index in [0.717, 1.165) is 11.5 Å². The third-order valence-corrected chi connectivity index (χ3v) is 2.92. The highest BCUT2D eigenvalue weighted by Crippen LogP contribution is 2.15. The number of nitrogens with one attached hydrogen (secondary N) is 1. The molecule has 0 aromatic carbocycles. The molecule has 2 aromatic heterocycles. The van der Waals surface area contributed by atoms with Crippen LogP contribution in [0.5, 0.6) is 0 Å². The van der Waals surface area contributed by atoms with E-state index >= 15 is 0 Å². The van der Waals surface area contributed by atoms with Crippen LogP contribution in [-0.4, -0.2) is 44.1 Å². The molecule has 2 heterocycles. The zero-order valence-electron chi connectivity index (χ0n) is 13.2. The molecule has 0 saturated heterocycles. The molecule has 0 aliphatic carbocycles. The van der Waals surface area contributed by atoms with E-state index in [1.54, 1.807) is 4.52 Å². The lowest BCUT2D eigenvalue weighted by molar-refractivity contribution is -0.121. The van der Waals surface area contributed by atoms with E-state index in [0.29, 0.717) is 12.3 Å². The number of aryl methyl sites for hydroxylation is 1. The van der Waals surface area contributed by atoms with Crippen LogP contribution in [0.1, 0.15) is 33.4 Å². The number of aromatic nitrogens is 4. The summed E-state index contributed by atoms with van der Waals surface area (Å²) in [5.74, 6) is 1.34. The average Bonchev–Trinajstić information content (AvgIpc) is 2.80. The zero-order valence-corrected chi connectivity index (χ0v) is 13.2. The lowest BCUT2D eigenvalue weighted by atomic mass is 10.1. The zero-order chi connectivity index (χ0) is 15.6. The van der Waals surface area contributed by atoms with Gasteiger partial charge in [0.2, 0.25) is 5.91 Å². The molecule has 1 amide bonds. The Morgan fingerprint density at radius 1 is 1.43 bits per heavy atom. The number of hydrogen-bond acceptors (Lipinski definition) is 5.